The third-order valence-corrected chi connectivity index (χ3v) is 4.13. The van der Waals surface area contributed by atoms with Crippen molar-refractivity contribution < 1.29 is 14.3 Å². The van der Waals surface area contributed by atoms with Crippen LogP contribution in [-0.4, -0.2) is 26.6 Å². The number of nitrogens with zero attached hydrogens (tertiary/aromatic N) is 4. The Kier molecular flexibility index (Phi) is 3.85. The predicted octanol–water partition coefficient (Wildman–Crippen LogP) is 2.07. The van der Waals surface area contributed by atoms with E-state index in [0.717, 1.165) is 0 Å². The second kappa shape index (κ2) is 5.75. The fourth-order valence-electron chi connectivity index (χ4n) is 2.79. The largest absolute Gasteiger partial charge is 0.465 e. The van der Waals surface area contributed by atoms with Crippen LogP contribution in [0.2, 0.25) is 5.15 Å². The molecule has 1 atom stereocenters. The zero-order chi connectivity index (χ0) is 18.4. The first-order valence-corrected chi connectivity index (χ1v) is 7.45. The van der Waals surface area contributed by atoms with Crippen molar-refractivity contribution in [2.24, 2.45) is 4.99 Å². The maximum Gasteiger partial charge on any atom is 0.410 e. The number of nitrogens with one attached hydrogen (secondary N) is 1. The number of amides is 1. The normalized spacial score (nSPS) is 18.9. The number of nitriles is 1. The number of rotatable bonds is 1. The molecule has 0 saturated heterocycles. The fourth-order valence-corrected chi connectivity index (χ4v) is 3.02. The zero-order valence-electron chi connectivity index (χ0n) is 12.9. The van der Waals surface area contributed by atoms with E-state index in [4.69, 9.17) is 22.4 Å². The molecule has 1 amide bonds. The van der Waals surface area contributed by atoms with Crippen LogP contribution in [0.1, 0.15) is 24.0 Å². The molecule has 2 heterocycles. The van der Waals surface area contributed by atoms with Gasteiger partial charge in [0.15, 0.2) is 22.5 Å². The third kappa shape index (κ3) is 2.77. The van der Waals surface area contributed by atoms with Gasteiger partial charge in [-0.2, -0.15) is 5.26 Å². The first kappa shape index (κ1) is 16.7. The molecule has 0 radical (unpaired) electrons. The average Bonchev–Trinajstić information content (AvgIpc) is 2.84. The maximum absolute atomic E-state index is 14.4. The molecule has 1 unspecified atom stereocenters. The monoisotopic (exact) mass is 362 g/mol. The number of halogens is 2. The van der Waals surface area contributed by atoms with Gasteiger partial charge in [0.05, 0.1) is 6.54 Å². The lowest BCUT2D eigenvalue weighted by molar-refractivity contribution is 0.200. The van der Waals surface area contributed by atoms with Gasteiger partial charge in [0.2, 0.25) is 0 Å². The first-order valence-electron chi connectivity index (χ1n) is 7.07. The molecule has 1 aromatic heterocycles. The van der Waals surface area contributed by atoms with Crippen molar-refractivity contribution in [1.29, 1.82) is 5.26 Å². The standard InChI is InChI=1S/C15H12ClFN6O2/c1-15(8-4-7(19)2-3-9(8)17)6-23-10(5-18)11(16)20-13(23)12(22-15)21-14(24)25/h2-4H,6,19H2,1H3,(H,21,22)(H,24,25). The van der Waals surface area contributed by atoms with E-state index < -0.39 is 17.4 Å². The van der Waals surface area contributed by atoms with E-state index in [1.807, 2.05) is 6.07 Å². The van der Waals surface area contributed by atoms with Crippen molar-refractivity contribution in [2.45, 2.75) is 19.0 Å². The van der Waals surface area contributed by atoms with Crippen LogP contribution >= 0.6 is 11.6 Å². The molecule has 0 aliphatic carbocycles. The van der Waals surface area contributed by atoms with Crippen molar-refractivity contribution in [2.75, 3.05) is 5.73 Å². The summed E-state index contributed by atoms with van der Waals surface area (Å²) in [5.74, 6) is -0.597. The SMILES string of the molecule is CC1(c2cc(N)ccc2F)Cn2c(nc(Cl)c2C#N)C(NC(=O)O)=N1. The molecular formula is C15H12ClFN6O2. The summed E-state index contributed by atoms with van der Waals surface area (Å²) in [5, 5.41) is 20.4. The molecule has 0 spiro atoms. The summed E-state index contributed by atoms with van der Waals surface area (Å²) in [5.41, 5.74) is 5.05. The highest BCUT2D eigenvalue weighted by Crippen LogP contribution is 2.36. The highest BCUT2D eigenvalue weighted by molar-refractivity contribution is 6.30. The molecular weight excluding hydrogens is 351 g/mol. The lowest BCUT2D eigenvalue weighted by atomic mass is 9.90. The molecule has 1 aromatic carbocycles. The average molecular weight is 363 g/mol. The lowest BCUT2D eigenvalue weighted by Crippen LogP contribution is -2.42. The maximum atomic E-state index is 14.4. The van der Waals surface area contributed by atoms with E-state index in [-0.39, 0.29) is 34.6 Å². The summed E-state index contributed by atoms with van der Waals surface area (Å²) in [6.45, 7) is 1.64. The Balaban J connectivity index is 2.24. The number of carboxylic acid groups (broad SMARTS) is 1. The number of aromatic nitrogens is 2. The van der Waals surface area contributed by atoms with E-state index in [2.05, 4.69) is 15.3 Å². The summed E-state index contributed by atoms with van der Waals surface area (Å²) in [4.78, 5) is 19.4. The molecule has 10 heteroatoms. The highest BCUT2D eigenvalue weighted by atomic mass is 35.5. The van der Waals surface area contributed by atoms with Crippen LogP contribution in [0.4, 0.5) is 14.9 Å². The molecule has 8 nitrogen and oxygen atoms in total. The van der Waals surface area contributed by atoms with Gasteiger partial charge < -0.3 is 15.4 Å². The van der Waals surface area contributed by atoms with Gasteiger partial charge in [0.1, 0.15) is 17.4 Å². The van der Waals surface area contributed by atoms with Crippen LogP contribution in [0.3, 0.4) is 0 Å². The smallest absolute Gasteiger partial charge is 0.410 e. The van der Waals surface area contributed by atoms with Crippen LogP contribution in [0.5, 0.6) is 0 Å². The van der Waals surface area contributed by atoms with E-state index in [1.165, 1.54) is 22.8 Å². The minimum Gasteiger partial charge on any atom is -0.465 e. The molecule has 128 valence electrons. The molecule has 0 fully saturated rings. The van der Waals surface area contributed by atoms with Crippen molar-refractivity contribution in [3.05, 3.63) is 46.3 Å². The van der Waals surface area contributed by atoms with Crippen LogP contribution in [0, 0.1) is 17.1 Å². The minimum atomic E-state index is -1.37. The first-order chi connectivity index (χ1) is 11.7. The van der Waals surface area contributed by atoms with Crippen molar-refractivity contribution >= 4 is 29.2 Å². The molecule has 4 N–H and O–H groups in total. The number of nitrogen functional groups attached to an aromatic ring is 1. The number of hydrogen-bond donors (Lipinski definition) is 3. The molecule has 0 saturated carbocycles. The van der Waals surface area contributed by atoms with E-state index in [1.54, 1.807) is 6.92 Å². The summed E-state index contributed by atoms with van der Waals surface area (Å²) in [6, 6.07) is 5.95. The van der Waals surface area contributed by atoms with Gasteiger partial charge in [-0.3, -0.25) is 10.3 Å². The number of amidine groups is 1. The third-order valence-electron chi connectivity index (χ3n) is 3.86. The second-order valence-electron chi connectivity index (χ2n) is 5.68. The number of carbonyl (C=O) groups is 1. The molecule has 1 aliphatic heterocycles. The van der Waals surface area contributed by atoms with Gasteiger partial charge in [-0.05, 0) is 25.1 Å². The quantitative estimate of drug-likeness (QED) is 0.669. The Morgan fingerprint density at radius 3 is 2.96 bits per heavy atom. The summed E-state index contributed by atoms with van der Waals surface area (Å²) >= 11 is 5.95. The van der Waals surface area contributed by atoms with Gasteiger partial charge in [0, 0.05) is 11.3 Å². The number of hydrogen-bond acceptors (Lipinski definition) is 5. The molecule has 1 aliphatic rings. The zero-order valence-corrected chi connectivity index (χ0v) is 13.7. The minimum absolute atomic E-state index is 0.0341. The van der Waals surface area contributed by atoms with Crippen LogP contribution in [-0.2, 0) is 12.1 Å². The Bertz CT molecular complexity index is 964. The Morgan fingerprint density at radius 1 is 1.60 bits per heavy atom. The van der Waals surface area contributed by atoms with E-state index in [0.29, 0.717) is 5.69 Å². The number of fused-ring (bicyclic) bond motifs is 1. The Hall–Kier alpha value is -3.12. The van der Waals surface area contributed by atoms with Gasteiger partial charge in [-0.25, -0.2) is 14.2 Å². The number of nitrogens with two attached hydrogens (primary N) is 1. The molecule has 25 heavy (non-hydrogen) atoms. The van der Waals surface area contributed by atoms with Gasteiger partial charge >= 0.3 is 6.09 Å². The summed E-state index contributed by atoms with van der Waals surface area (Å²) in [7, 11) is 0. The van der Waals surface area contributed by atoms with Crippen LogP contribution in [0.15, 0.2) is 23.2 Å². The predicted molar refractivity (Wildman–Crippen MR) is 87.8 cm³/mol. The fraction of sp³-hybridized carbons (Fsp3) is 0.200. The van der Waals surface area contributed by atoms with Crippen molar-refractivity contribution in [1.82, 2.24) is 14.9 Å². The number of anilines is 1. The second-order valence-corrected chi connectivity index (χ2v) is 6.03. The molecule has 3 rings (SSSR count). The van der Waals surface area contributed by atoms with Gasteiger partial charge in [0.25, 0.3) is 0 Å². The Morgan fingerprint density at radius 2 is 2.32 bits per heavy atom. The highest BCUT2D eigenvalue weighted by Gasteiger charge is 2.38. The lowest BCUT2D eigenvalue weighted by Gasteiger charge is -2.32. The van der Waals surface area contributed by atoms with Crippen LogP contribution in [0.25, 0.3) is 0 Å². The van der Waals surface area contributed by atoms with E-state index in [9.17, 15) is 14.4 Å². The number of aliphatic imine (C=N–C) groups is 1. The summed E-state index contributed by atoms with van der Waals surface area (Å²) < 4.78 is 15.8. The summed E-state index contributed by atoms with van der Waals surface area (Å²) in [6.07, 6.45) is -1.37. The van der Waals surface area contributed by atoms with Crippen LogP contribution < -0.4 is 11.1 Å². The number of benzene rings is 1. The van der Waals surface area contributed by atoms with Gasteiger partial charge in [-0.1, -0.05) is 11.6 Å². The molecule has 0 bridgehead atoms. The topological polar surface area (TPSA) is 129 Å². The van der Waals surface area contributed by atoms with Crippen molar-refractivity contribution in [3.8, 4) is 6.07 Å². The number of imidazole rings is 1. The van der Waals surface area contributed by atoms with Crippen molar-refractivity contribution in [3.63, 3.8) is 0 Å². The Labute approximate surface area is 146 Å². The van der Waals surface area contributed by atoms with Gasteiger partial charge in [-0.15, -0.1) is 0 Å². The van der Waals surface area contributed by atoms with E-state index >= 15 is 0 Å². The molecule has 2 aromatic rings.